The Kier molecular flexibility index (Phi) is 2.71. The lowest BCUT2D eigenvalue weighted by atomic mass is 10.1. The molecule has 0 aliphatic heterocycles. The number of aromatic carboxylic acids is 1. The van der Waals surface area contributed by atoms with Crippen molar-refractivity contribution in [2.24, 2.45) is 0 Å². The Hall–Kier alpha value is -2.75. The van der Waals surface area contributed by atoms with Crippen LogP contribution >= 0.6 is 0 Å². The van der Waals surface area contributed by atoms with E-state index in [4.69, 9.17) is 5.11 Å². The number of aromatic hydroxyl groups is 1. The Balaban J connectivity index is 2.30. The van der Waals surface area contributed by atoms with Crippen LogP contribution in [0.5, 0.6) is 5.75 Å². The van der Waals surface area contributed by atoms with Crippen LogP contribution < -0.4 is 0 Å². The average Bonchev–Trinajstić information content (AvgIpc) is 2.80. The number of aromatic nitrogens is 1. The van der Waals surface area contributed by atoms with E-state index in [1.807, 2.05) is 28.8 Å². The van der Waals surface area contributed by atoms with Crippen molar-refractivity contribution in [3.05, 3.63) is 59.9 Å². The van der Waals surface area contributed by atoms with Crippen LogP contribution in [-0.2, 0) is 0 Å². The van der Waals surface area contributed by atoms with Crippen LogP contribution in [0, 0.1) is 6.92 Å². The third kappa shape index (κ3) is 1.73. The number of phenolic OH excluding ortho intramolecular Hbond substituents is 1. The van der Waals surface area contributed by atoms with Crippen LogP contribution in [0.2, 0.25) is 0 Å². The summed E-state index contributed by atoms with van der Waals surface area (Å²) in [6.07, 6.45) is 1.73. The van der Waals surface area contributed by atoms with Gasteiger partial charge in [0.25, 0.3) is 0 Å². The number of fused-ring (bicyclic) bond motifs is 1. The van der Waals surface area contributed by atoms with Gasteiger partial charge in [0.1, 0.15) is 5.75 Å². The molecule has 0 amide bonds. The highest BCUT2D eigenvalue weighted by Gasteiger charge is 2.14. The number of phenols is 1. The minimum absolute atomic E-state index is 0.215. The molecule has 0 aliphatic rings. The van der Waals surface area contributed by atoms with E-state index < -0.39 is 5.97 Å². The molecule has 100 valence electrons. The summed E-state index contributed by atoms with van der Waals surface area (Å²) in [5.74, 6) is -0.725. The highest BCUT2D eigenvalue weighted by Crippen LogP contribution is 2.30. The Morgan fingerprint density at radius 3 is 2.45 bits per heavy atom. The summed E-state index contributed by atoms with van der Waals surface area (Å²) < 4.78 is 1.82. The van der Waals surface area contributed by atoms with Crippen molar-refractivity contribution in [3.8, 4) is 11.4 Å². The quantitative estimate of drug-likeness (QED) is 0.748. The zero-order valence-electron chi connectivity index (χ0n) is 10.9. The van der Waals surface area contributed by atoms with E-state index in [1.54, 1.807) is 31.3 Å². The lowest BCUT2D eigenvalue weighted by Gasteiger charge is -2.11. The molecule has 3 rings (SSSR count). The number of hydrogen-bond acceptors (Lipinski definition) is 2. The first-order chi connectivity index (χ1) is 9.59. The van der Waals surface area contributed by atoms with Crippen molar-refractivity contribution in [2.75, 3.05) is 0 Å². The number of hydrogen-bond donors (Lipinski definition) is 2. The molecule has 2 aromatic carbocycles. The van der Waals surface area contributed by atoms with Gasteiger partial charge >= 0.3 is 5.97 Å². The predicted octanol–water partition coefficient (Wildman–Crippen LogP) is 3.34. The van der Waals surface area contributed by atoms with Gasteiger partial charge in [-0.05, 0) is 25.1 Å². The summed E-state index contributed by atoms with van der Waals surface area (Å²) in [4.78, 5) is 11.1. The van der Waals surface area contributed by atoms with Gasteiger partial charge in [-0.2, -0.15) is 0 Å². The van der Waals surface area contributed by atoms with Gasteiger partial charge in [0.05, 0.1) is 11.3 Å². The lowest BCUT2D eigenvalue weighted by molar-refractivity contribution is 0.0696. The van der Waals surface area contributed by atoms with Gasteiger partial charge in [-0.15, -0.1) is 0 Å². The summed E-state index contributed by atoms with van der Waals surface area (Å²) in [6.45, 7) is 1.77. The zero-order valence-corrected chi connectivity index (χ0v) is 10.9. The third-order valence-electron chi connectivity index (χ3n) is 3.51. The van der Waals surface area contributed by atoms with Crippen molar-refractivity contribution in [2.45, 2.75) is 6.92 Å². The summed E-state index contributed by atoms with van der Waals surface area (Å²) in [7, 11) is 0. The zero-order chi connectivity index (χ0) is 14.3. The van der Waals surface area contributed by atoms with Crippen LogP contribution in [-0.4, -0.2) is 20.7 Å². The van der Waals surface area contributed by atoms with E-state index in [-0.39, 0.29) is 11.3 Å². The number of carbonyl (C=O) groups is 1. The second-order valence-electron chi connectivity index (χ2n) is 4.64. The molecule has 0 radical (unpaired) electrons. The molecular weight excluding hydrogens is 254 g/mol. The van der Waals surface area contributed by atoms with Gasteiger partial charge in [0.2, 0.25) is 0 Å². The molecule has 4 heteroatoms. The maximum Gasteiger partial charge on any atom is 0.337 e. The van der Waals surface area contributed by atoms with Crippen molar-refractivity contribution in [1.82, 2.24) is 4.57 Å². The van der Waals surface area contributed by atoms with E-state index in [0.717, 1.165) is 16.5 Å². The molecule has 4 nitrogen and oxygen atoms in total. The van der Waals surface area contributed by atoms with Gasteiger partial charge in [-0.3, -0.25) is 0 Å². The highest BCUT2D eigenvalue weighted by atomic mass is 16.4. The first-order valence-corrected chi connectivity index (χ1v) is 6.22. The maximum atomic E-state index is 11.1. The van der Waals surface area contributed by atoms with Crippen molar-refractivity contribution in [1.29, 1.82) is 0 Å². The average molecular weight is 267 g/mol. The number of carboxylic acid groups (broad SMARTS) is 1. The summed E-state index contributed by atoms with van der Waals surface area (Å²) in [5.41, 5.74) is 1.79. The van der Waals surface area contributed by atoms with Crippen LogP contribution in [0.1, 0.15) is 16.1 Å². The molecule has 0 aliphatic carbocycles. The van der Waals surface area contributed by atoms with Gasteiger partial charge < -0.3 is 14.8 Å². The first kappa shape index (κ1) is 12.3. The molecule has 3 aromatic rings. The van der Waals surface area contributed by atoms with Crippen LogP contribution in [0.15, 0.2) is 48.7 Å². The molecule has 0 bridgehead atoms. The summed E-state index contributed by atoms with van der Waals surface area (Å²) in [6, 6.07) is 12.5. The van der Waals surface area contributed by atoms with Crippen LogP contribution in [0.4, 0.5) is 0 Å². The Labute approximate surface area is 115 Å². The van der Waals surface area contributed by atoms with Gasteiger partial charge in [-0.1, -0.05) is 24.3 Å². The minimum Gasteiger partial charge on any atom is -0.507 e. The first-order valence-electron chi connectivity index (χ1n) is 6.22. The summed E-state index contributed by atoms with van der Waals surface area (Å²) in [5, 5.41) is 20.7. The van der Waals surface area contributed by atoms with Crippen molar-refractivity contribution >= 4 is 16.7 Å². The molecule has 20 heavy (non-hydrogen) atoms. The van der Waals surface area contributed by atoms with Gasteiger partial charge in [-0.25, -0.2) is 4.79 Å². The van der Waals surface area contributed by atoms with Crippen molar-refractivity contribution in [3.63, 3.8) is 0 Å². The smallest absolute Gasteiger partial charge is 0.337 e. The SMILES string of the molecule is Cc1c(C(=O)O)ccn1-c1cccc2c(O)cccc12. The maximum absolute atomic E-state index is 11.1. The van der Waals surface area contributed by atoms with Gasteiger partial charge in [0, 0.05) is 22.7 Å². The van der Waals surface area contributed by atoms with E-state index in [9.17, 15) is 9.90 Å². The molecule has 1 heterocycles. The normalized spacial score (nSPS) is 10.8. The molecule has 0 unspecified atom stereocenters. The topological polar surface area (TPSA) is 62.5 Å². The van der Waals surface area contributed by atoms with Crippen molar-refractivity contribution < 1.29 is 15.0 Å². The van der Waals surface area contributed by atoms with E-state index in [1.165, 1.54) is 0 Å². The number of nitrogens with zero attached hydrogens (tertiary/aromatic N) is 1. The minimum atomic E-state index is -0.940. The van der Waals surface area contributed by atoms with E-state index in [2.05, 4.69) is 0 Å². The molecule has 2 N–H and O–H groups in total. The fourth-order valence-corrected chi connectivity index (χ4v) is 2.49. The van der Waals surface area contributed by atoms with Crippen LogP contribution in [0.3, 0.4) is 0 Å². The monoisotopic (exact) mass is 267 g/mol. The number of rotatable bonds is 2. The second kappa shape index (κ2) is 4.42. The largest absolute Gasteiger partial charge is 0.507 e. The van der Waals surface area contributed by atoms with E-state index >= 15 is 0 Å². The Bertz CT molecular complexity index is 818. The van der Waals surface area contributed by atoms with Gasteiger partial charge in [0.15, 0.2) is 0 Å². The molecule has 1 aromatic heterocycles. The van der Waals surface area contributed by atoms with E-state index in [0.29, 0.717) is 5.69 Å². The molecule has 0 saturated heterocycles. The number of carboxylic acids is 1. The lowest BCUT2D eigenvalue weighted by Crippen LogP contribution is -2.01. The fourth-order valence-electron chi connectivity index (χ4n) is 2.49. The Morgan fingerprint density at radius 1 is 1.05 bits per heavy atom. The fraction of sp³-hybridized carbons (Fsp3) is 0.0625. The molecule has 0 fully saturated rings. The predicted molar refractivity (Wildman–Crippen MR) is 76.6 cm³/mol. The molecule has 0 saturated carbocycles. The number of benzene rings is 2. The summed E-state index contributed by atoms with van der Waals surface area (Å²) >= 11 is 0. The molecule has 0 spiro atoms. The second-order valence-corrected chi connectivity index (χ2v) is 4.64. The highest BCUT2D eigenvalue weighted by molar-refractivity contribution is 5.95. The van der Waals surface area contributed by atoms with Crippen LogP contribution in [0.25, 0.3) is 16.5 Å². The standard InChI is InChI=1S/C16H13NO3/c1-10-11(16(19)20)8-9-17(10)14-6-2-5-13-12(14)4-3-7-15(13)18/h2-9,18H,1H3,(H,19,20). The Morgan fingerprint density at radius 2 is 1.75 bits per heavy atom. The molecular formula is C16H13NO3. The molecule has 0 atom stereocenters. The third-order valence-corrected chi connectivity index (χ3v) is 3.51.